The minimum Gasteiger partial charge on any atom is -0.496 e. The first-order valence-electron chi connectivity index (χ1n) is 10.5. The molecule has 0 aliphatic rings. The van der Waals surface area contributed by atoms with Crippen LogP contribution < -0.4 is 30.0 Å². The molecule has 3 aromatic carbocycles. The summed E-state index contributed by atoms with van der Waals surface area (Å²) in [6.45, 7) is 0. The van der Waals surface area contributed by atoms with Crippen molar-refractivity contribution in [3.8, 4) is 23.0 Å². The van der Waals surface area contributed by atoms with Crippen LogP contribution in [0.1, 0.15) is 16.7 Å². The van der Waals surface area contributed by atoms with Crippen LogP contribution in [0.5, 0.6) is 23.0 Å². The van der Waals surface area contributed by atoms with Crippen LogP contribution in [0.25, 0.3) is 18.2 Å². The maximum Gasteiger partial charge on any atom is 0.248 e. The number of methoxy groups -OCH3 is 4. The van der Waals surface area contributed by atoms with Crippen molar-refractivity contribution in [3.63, 3.8) is 0 Å². The van der Waals surface area contributed by atoms with Crippen LogP contribution in [0, 0.1) is 0 Å². The molecule has 0 saturated carbocycles. The van der Waals surface area contributed by atoms with E-state index in [2.05, 4.69) is 5.32 Å². The minimum absolute atomic E-state index is 0.293. The van der Waals surface area contributed by atoms with Crippen LogP contribution in [0.4, 0.5) is 11.4 Å². The number of rotatable bonds is 9. The molecule has 3 N–H and O–H groups in total. The van der Waals surface area contributed by atoms with E-state index in [1.807, 2.05) is 54.6 Å². The number of benzene rings is 3. The maximum atomic E-state index is 12.4. The third kappa shape index (κ3) is 5.89. The Kier molecular flexibility index (Phi) is 8.18. The van der Waals surface area contributed by atoms with Crippen LogP contribution in [0.15, 0.2) is 60.7 Å². The summed E-state index contributed by atoms with van der Waals surface area (Å²) in [6, 6.07) is 16.5. The second-order valence-corrected chi connectivity index (χ2v) is 7.20. The Morgan fingerprint density at radius 2 is 1.41 bits per heavy atom. The molecule has 0 heterocycles. The molecule has 7 nitrogen and oxygen atoms in total. The van der Waals surface area contributed by atoms with Crippen molar-refractivity contribution in [2.24, 2.45) is 0 Å². The van der Waals surface area contributed by atoms with Gasteiger partial charge in [-0.15, -0.1) is 0 Å². The fraction of sp³-hybridized carbons (Fsp3) is 0.148. The van der Waals surface area contributed by atoms with Gasteiger partial charge in [0.1, 0.15) is 5.75 Å². The molecule has 0 saturated heterocycles. The van der Waals surface area contributed by atoms with Gasteiger partial charge in [-0.3, -0.25) is 4.79 Å². The van der Waals surface area contributed by atoms with Gasteiger partial charge < -0.3 is 30.0 Å². The third-order valence-electron chi connectivity index (χ3n) is 5.04. The summed E-state index contributed by atoms with van der Waals surface area (Å²) in [6.07, 6.45) is 7.02. The lowest BCUT2D eigenvalue weighted by atomic mass is 10.1. The molecule has 7 heteroatoms. The van der Waals surface area contributed by atoms with Gasteiger partial charge in [0.15, 0.2) is 11.5 Å². The molecule has 0 aromatic heterocycles. The molecule has 0 bridgehead atoms. The zero-order chi connectivity index (χ0) is 24.5. The molecule has 0 aliphatic carbocycles. The number of nitrogens with two attached hydrogens (primary N) is 1. The summed E-state index contributed by atoms with van der Waals surface area (Å²) in [5, 5.41) is 2.77. The predicted octanol–water partition coefficient (Wildman–Crippen LogP) is 5.13. The molecule has 176 valence electrons. The van der Waals surface area contributed by atoms with Crippen LogP contribution in [-0.4, -0.2) is 34.3 Å². The van der Waals surface area contributed by atoms with Gasteiger partial charge in [0.25, 0.3) is 0 Å². The smallest absolute Gasteiger partial charge is 0.248 e. The van der Waals surface area contributed by atoms with E-state index < -0.39 is 0 Å². The number of nitrogens with one attached hydrogen (secondary N) is 1. The highest BCUT2D eigenvalue weighted by Crippen LogP contribution is 2.38. The number of carbonyl (C=O) groups is 1. The molecule has 0 unspecified atom stereocenters. The maximum absolute atomic E-state index is 12.4. The van der Waals surface area contributed by atoms with Crippen molar-refractivity contribution in [1.82, 2.24) is 0 Å². The van der Waals surface area contributed by atoms with Gasteiger partial charge in [-0.1, -0.05) is 30.4 Å². The number of anilines is 2. The molecule has 0 fully saturated rings. The second-order valence-electron chi connectivity index (χ2n) is 7.20. The standard InChI is InChI=1S/C27H28N2O5/c1-31-23-13-11-18(9-10-19-16-24(32-2)27(34-4)25(17-19)33-3)15-20(23)12-14-26(30)29-22-8-6-5-7-21(22)28/h5-17H,28H2,1-4H3,(H,29,30)/b10-9-,14-12?. The van der Waals surface area contributed by atoms with Gasteiger partial charge in [-0.05, 0) is 53.6 Å². The number of ether oxygens (including phenoxy) is 4. The van der Waals surface area contributed by atoms with Crippen LogP contribution in [0.2, 0.25) is 0 Å². The van der Waals surface area contributed by atoms with E-state index in [0.717, 1.165) is 16.7 Å². The van der Waals surface area contributed by atoms with Gasteiger partial charge >= 0.3 is 0 Å². The molecule has 0 radical (unpaired) electrons. The van der Waals surface area contributed by atoms with E-state index in [4.69, 9.17) is 24.7 Å². The Balaban J connectivity index is 1.82. The first-order chi connectivity index (χ1) is 16.5. The Hall–Kier alpha value is -4.39. The zero-order valence-corrected chi connectivity index (χ0v) is 19.6. The summed E-state index contributed by atoms with van der Waals surface area (Å²) in [4.78, 5) is 12.4. The second kappa shape index (κ2) is 11.5. The molecule has 3 aromatic rings. The number of para-hydroxylation sites is 2. The molecule has 1 amide bonds. The molecule has 0 aliphatic heterocycles. The Labute approximate surface area is 199 Å². The minimum atomic E-state index is -0.293. The summed E-state index contributed by atoms with van der Waals surface area (Å²) >= 11 is 0. The monoisotopic (exact) mass is 460 g/mol. The van der Waals surface area contributed by atoms with Crippen molar-refractivity contribution >= 4 is 35.5 Å². The summed E-state index contributed by atoms with van der Waals surface area (Å²) in [5.41, 5.74) is 9.50. The van der Waals surface area contributed by atoms with Crippen molar-refractivity contribution in [3.05, 3.63) is 77.4 Å². The van der Waals surface area contributed by atoms with Crippen molar-refractivity contribution in [1.29, 1.82) is 0 Å². The van der Waals surface area contributed by atoms with Crippen LogP contribution >= 0.6 is 0 Å². The molecule has 0 spiro atoms. The average Bonchev–Trinajstić information content (AvgIpc) is 2.86. The highest BCUT2D eigenvalue weighted by atomic mass is 16.5. The molecular weight excluding hydrogens is 432 g/mol. The molecule has 0 atom stereocenters. The van der Waals surface area contributed by atoms with Crippen molar-refractivity contribution in [2.45, 2.75) is 0 Å². The number of hydrogen-bond acceptors (Lipinski definition) is 6. The van der Waals surface area contributed by atoms with E-state index in [1.165, 1.54) is 6.08 Å². The quantitative estimate of drug-likeness (QED) is 0.261. The summed E-state index contributed by atoms with van der Waals surface area (Å²) in [7, 11) is 6.31. The normalized spacial score (nSPS) is 10.9. The zero-order valence-electron chi connectivity index (χ0n) is 19.6. The van der Waals surface area contributed by atoms with Crippen LogP contribution in [-0.2, 0) is 4.79 Å². The highest BCUT2D eigenvalue weighted by Gasteiger charge is 2.12. The predicted molar refractivity (Wildman–Crippen MR) is 137 cm³/mol. The largest absolute Gasteiger partial charge is 0.496 e. The van der Waals surface area contributed by atoms with Gasteiger partial charge in [0, 0.05) is 11.6 Å². The van der Waals surface area contributed by atoms with Gasteiger partial charge in [0.2, 0.25) is 11.7 Å². The molecule has 34 heavy (non-hydrogen) atoms. The van der Waals surface area contributed by atoms with Gasteiger partial charge in [-0.2, -0.15) is 0 Å². The lowest BCUT2D eigenvalue weighted by Gasteiger charge is -2.12. The molecule has 3 rings (SSSR count). The van der Waals surface area contributed by atoms with E-state index in [-0.39, 0.29) is 5.91 Å². The first kappa shape index (κ1) is 24.3. The van der Waals surface area contributed by atoms with Gasteiger partial charge in [0.05, 0.1) is 39.8 Å². The lowest BCUT2D eigenvalue weighted by Crippen LogP contribution is -2.09. The molecular formula is C27H28N2O5. The fourth-order valence-electron chi connectivity index (χ4n) is 3.33. The van der Waals surface area contributed by atoms with E-state index in [0.29, 0.717) is 34.4 Å². The summed E-state index contributed by atoms with van der Waals surface area (Å²) in [5.74, 6) is 2.04. The fourth-order valence-corrected chi connectivity index (χ4v) is 3.33. The lowest BCUT2D eigenvalue weighted by molar-refractivity contribution is -0.111. The SMILES string of the molecule is COc1ccc(/C=C\c2cc(OC)c(OC)c(OC)c2)cc1C=CC(=O)Nc1ccccc1N. The van der Waals surface area contributed by atoms with E-state index >= 15 is 0 Å². The highest BCUT2D eigenvalue weighted by molar-refractivity contribution is 6.03. The topological polar surface area (TPSA) is 92.0 Å². The number of amides is 1. The first-order valence-corrected chi connectivity index (χ1v) is 10.5. The van der Waals surface area contributed by atoms with E-state index in [1.54, 1.807) is 46.6 Å². The van der Waals surface area contributed by atoms with E-state index in [9.17, 15) is 4.79 Å². The Bertz CT molecular complexity index is 1190. The number of carbonyl (C=O) groups excluding carboxylic acids is 1. The summed E-state index contributed by atoms with van der Waals surface area (Å²) < 4.78 is 21.6. The van der Waals surface area contributed by atoms with Crippen molar-refractivity contribution in [2.75, 3.05) is 39.5 Å². The van der Waals surface area contributed by atoms with Crippen LogP contribution in [0.3, 0.4) is 0 Å². The van der Waals surface area contributed by atoms with Gasteiger partial charge in [-0.25, -0.2) is 0 Å². The Morgan fingerprint density at radius 1 is 0.765 bits per heavy atom. The third-order valence-corrected chi connectivity index (χ3v) is 5.04. The average molecular weight is 461 g/mol. The number of hydrogen-bond donors (Lipinski definition) is 2. The number of nitrogen functional groups attached to an aromatic ring is 1. The van der Waals surface area contributed by atoms with Crippen molar-refractivity contribution < 1.29 is 23.7 Å². The Morgan fingerprint density at radius 3 is 2.03 bits per heavy atom.